The van der Waals surface area contributed by atoms with E-state index < -0.39 is 17.4 Å². The van der Waals surface area contributed by atoms with Crippen molar-refractivity contribution in [3.63, 3.8) is 0 Å². The number of aliphatic hydroxyl groups excluding tert-OH is 1. The molecule has 1 N–H and O–H groups in total. The highest BCUT2D eigenvalue weighted by Gasteiger charge is 2.35. The molecule has 2 heterocycles. The Balaban J connectivity index is 1.85. The summed E-state index contributed by atoms with van der Waals surface area (Å²) in [7, 11) is 1.34. The van der Waals surface area contributed by atoms with Gasteiger partial charge in [-0.1, -0.05) is 12.1 Å². The highest BCUT2D eigenvalue weighted by atomic mass is 19.1. The lowest BCUT2D eigenvalue weighted by Gasteiger charge is -2.25. The van der Waals surface area contributed by atoms with Crippen LogP contribution in [0.5, 0.6) is 0 Å². The van der Waals surface area contributed by atoms with Crippen molar-refractivity contribution in [3.8, 4) is 0 Å². The molecule has 0 unspecified atom stereocenters. The second-order valence-electron chi connectivity index (χ2n) is 6.13. The van der Waals surface area contributed by atoms with Crippen LogP contribution in [0, 0.1) is 5.82 Å². The van der Waals surface area contributed by atoms with Crippen LogP contribution in [0.25, 0.3) is 0 Å². The summed E-state index contributed by atoms with van der Waals surface area (Å²) in [5.41, 5.74) is -0.312. The minimum absolute atomic E-state index is 0.140. The number of aliphatic hydroxyl groups is 1. The zero-order chi connectivity index (χ0) is 18.1. The van der Waals surface area contributed by atoms with E-state index >= 15 is 0 Å². The standard InChI is InChI=1S/C17H18FN3O4/c1-19-15(23)6-7-20(17(19)25)10-16(24)21-9-13(22)8-14(21)11-2-4-12(18)5-3-11/h2-7,13-14,22H,8-10H2,1H3/t13-,14+/m1/s1. The van der Waals surface area contributed by atoms with Crippen LogP contribution in [0.3, 0.4) is 0 Å². The quantitative estimate of drug-likeness (QED) is 0.848. The van der Waals surface area contributed by atoms with Crippen LogP contribution in [-0.4, -0.2) is 37.7 Å². The van der Waals surface area contributed by atoms with E-state index in [2.05, 4.69) is 0 Å². The Hall–Kier alpha value is -2.74. The second kappa shape index (κ2) is 6.64. The predicted molar refractivity (Wildman–Crippen MR) is 87.4 cm³/mol. The van der Waals surface area contributed by atoms with Gasteiger partial charge in [-0.3, -0.25) is 18.7 Å². The Morgan fingerprint density at radius 3 is 2.60 bits per heavy atom. The number of hydrogen-bond donors (Lipinski definition) is 1. The molecule has 0 aliphatic carbocycles. The number of carbonyl (C=O) groups is 1. The molecule has 132 valence electrons. The zero-order valence-electron chi connectivity index (χ0n) is 13.6. The second-order valence-corrected chi connectivity index (χ2v) is 6.13. The van der Waals surface area contributed by atoms with E-state index in [0.29, 0.717) is 6.42 Å². The van der Waals surface area contributed by atoms with Gasteiger partial charge in [0.15, 0.2) is 0 Å². The van der Waals surface area contributed by atoms with Gasteiger partial charge in [0.25, 0.3) is 5.56 Å². The number of nitrogens with zero attached hydrogens (tertiary/aromatic N) is 3. The lowest BCUT2D eigenvalue weighted by molar-refractivity contribution is -0.133. The van der Waals surface area contributed by atoms with Gasteiger partial charge < -0.3 is 10.0 Å². The molecule has 1 aromatic heterocycles. The van der Waals surface area contributed by atoms with Crippen LogP contribution in [-0.2, 0) is 18.4 Å². The summed E-state index contributed by atoms with van der Waals surface area (Å²) < 4.78 is 15.2. The van der Waals surface area contributed by atoms with Crippen molar-refractivity contribution in [2.24, 2.45) is 7.05 Å². The van der Waals surface area contributed by atoms with Crippen LogP contribution in [0.15, 0.2) is 46.1 Å². The lowest BCUT2D eigenvalue weighted by atomic mass is 10.0. The Kier molecular flexibility index (Phi) is 4.54. The zero-order valence-corrected chi connectivity index (χ0v) is 13.6. The highest BCUT2D eigenvalue weighted by molar-refractivity contribution is 5.77. The van der Waals surface area contributed by atoms with Gasteiger partial charge >= 0.3 is 5.69 Å². The van der Waals surface area contributed by atoms with Gasteiger partial charge in [-0.25, -0.2) is 9.18 Å². The monoisotopic (exact) mass is 347 g/mol. The molecule has 2 atom stereocenters. The molecule has 0 radical (unpaired) electrons. The number of benzene rings is 1. The van der Waals surface area contributed by atoms with E-state index in [9.17, 15) is 23.9 Å². The maximum atomic E-state index is 13.1. The minimum Gasteiger partial charge on any atom is -0.391 e. The molecule has 7 nitrogen and oxygen atoms in total. The van der Waals surface area contributed by atoms with Crippen LogP contribution in [0.2, 0.25) is 0 Å². The van der Waals surface area contributed by atoms with Crippen molar-refractivity contribution in [1.29, 1.82) is 0 Å². The molecule has 3 rings (SSSR count). The molecule has 0 saturated carbocycles. The van der Waals surface area contributed by atoms with Crippen molar-refractivity contribution < 1.29 is 14.3 Å². The molecule has 8 heteroatoms. The van der Waals surface area contributed by atoms with Gasteiger partial charge in [0.05, 0.1) is 12.1 Å². The van der Waals surface area contributed by atoms with Gasteiger partial charge in [-0.15, -0.1) is 0 Å². The van der Waals surface area contributed by atoms with E-state index in [1.165, 1.54) is 36.3 Å². The van der Waals surface area contributed by atoms with Gasteiger partial charge in [-0.05, 0) is 24.1 Å². The summed E-state index contributed by atoms with van der Waals surface area (Å²) in [5, 5.41) is 9.95. The number of rotatable bonds is 3. The first-order chi connectivity index (χ1) is 11.9. The van der Waals surface area contributed by atoms with Crippen LogP contribution in [0.1, 0.15) is 18.0 Å². The van der Waals surface area contributed by atoms with Gasteiger partial charge in [0.2, 0.25) is 5.91 Å². The Morgan fingerprint density at radius 1 is 1.24 bits per heavy atom. The summed E-state index contributed by atoms with van der Waals surface area (Å²) in [6, 6.07) is 6.60. The largest absolute Gasteiger partial charge is 0.391 e. The van der Waals surface area contributed by atoms with Crippen LogP contribution >= 0.6 is 0 Å². The Bertz CT molecular complexity index is 903. The van der Waals surface area contributed by atoms with Gasteiger partial charge in [0.1, 0.15) is 12.4 Å². The topological polar surface area (TPSA) is 84.5 Å². The van der Waals surface area contributed by atoms with Crippen LogP contribution < -0.4 is 11.2 Å². The highest BCUT2D eigenvalue weighted by Crippen LogP contribution is 2.32. The molecule has 1 aromatic carbocycles. The molecule has 1 aliphatic heterocycles. The molecule has 2 aromatic rings. The van der Waals surface area contributed by atoms with Gasteiger partial charge in [0, 0.05) is 25.9 Å². The molecule has 1 amide bonds. The number of hydrogen-bond acceptors (Lipinski definition) is 4. The third kappa shape index (κ3) is 3.39. The Labute approximate surface area is 142 Å². The maximum absolute atomic E-state index is 13.1. The molecule has 1 aliphatic rings. The summed E-state index contributed by atoms with van der Waals surface area (Å²) in [4.78, 5) is 37.6. The first kappa shape index (κ1) is 17.1. The normalized spacial score (nSPS) is 20.0. The number of amides is 1. The molecular formula is C17H18FN3O4. The molecule has 1 saturated heterocycles. The van der Waals surface area contributed by atoms with Crippen molar-refractivity contribution in [1.82, 2.24) is 14.0 Å². The van der Waals surface area contributed by atoms with Crippen molar-refractivity contribution in [2.75, 3.05) is 6.54 Å². The first-order valence-electron chi connectivity index (χ1n) is 7.86. The number of likely N-dealkylation sites (tertiary alicyclic amines) is 1. The third-order valence-corrected chi connectivity index (χ3v) is 4.42. The van der Waals surface area contributed by atoms with E-state index in [1.807, 2.05) is 0 Å². The first-order valence-corrected chi connectivity index (χ1v) is 7.86. The third-order valence-electron chi connectivity index (χ3n) is 4.42. The minimum atomic E-state index is -0.684. The molecular weight excluding hydrogens is 329 g/mol. The molecule has 1 fully saturated rings. The average molecular weight is 347 g/mol. The van der Waals surface area contributed by atoms with E-state index in [-0.39, 0.29) is 30.9 Å². The number of carbonyl (C=O) groups excluding carboxylic acids is 1. The van der Waals surface area contributed by atoms with Crippen molar-refractivity contribution >= 4 is 5.91 Å². The number of β-amino-alcohol motifs (C(OH)–C–C–N with tert-alkyl or cyclic N) is 1. The Morgan fingerprint density at radius 2 is 1.92 bits per heavy atom. The lowest BCUT2D eigenvalue weighted by Crippen LogP contribution is -2.41. The number of halogens is 1. The summed E-state index contributed by atoms with van der Waals surface area (Å²) in [6.07, 6.45) is 0.942. The summed E-state index contributed by atoms with van der Waals surface area (Å²) in [6.45, 7) is -0.0985. The van der Waals surface area contributed by atoms with E-state index in [0.717, 1.165) is 14.7 Å². The molecule has 25 heavy (non-hydrogen) atoms. The SMILES string of the molecule is Cn1c(=O)ccn(CC(=O)N2C[C@H](O)C[C@H]2c2ccc(F)cc2)c1=O. The molecule has 0 spiro atoms. The fourth-order valence-corrected chi connectivity index (χ4v) is 3.06. The predicted octanol–water partition coefficient (Wildman–Crippen LogP) is 0.0206. The summed E-state index contributed by atoms with van der Waals surface area (Å²) >= 11 is 0. The van der Waals surface area contributed by atoms with Gasteiger partial charge in [-0.2, -0.15) is 0 Å². The maximum Gasteiger partial charge on any atom is 0.331 e. The van der Waals surface area contributed by atoms with E-state index in [1.54, 1.807) is 12.1 Å². The average Bonchev–Trinajstić information content (AvgIpc) is 2.98. The fourth-order valence-electron chi connectivity index (χ4n) is 3.06. The van der Waals surface area contributed by atoms with Crippen molar-refractivity contribution in [2.45, 2.75) is 25.1 Å². The fraction of sp³-hybridized carbons (Fsp3) is 0.353. The molecule has 0 bridgehead atoms. The van der Waals surface area contributed by atoms with Crippen molar-refractivity contribution in [3.05, 3.63) is 68.7 Å². The summed E-state index contributed by atoms with van der Waals surface area (Å²) in [5.74, 6) is -0.733. The number of aromatic nitrogens is 2. The van der Waals surface area contributed by atoms with Crippen LogP contribution in [0.4, 0.5) is 4.39 Å². The van der Waals surface area contributed by atoms with E-state index in [4.69, 9.17) is 0 Å². The smallest absolute Gasteiger partial charge is 0.331 e.